The van der Waals surface area contributed by atoms with Gasteiger partial charge in [-0.1, -0.05) is 12.1 Å². The molecule has 0 aliphatic heterocycles. The van der Waals surface area contributed by atoms with E-state index < -0.39 is 17.1 Å². The van der Waals surface area contributed by atoms with Crippen molar-refractivity contribution in [3.63, 3.8) is 0 Å². The van der Waals surface area contributed by atoms with Gasteiger partial charge < -0.3 is 0 Å². The SMILES string of the molecule is Cc1c(F)cccc1[C@]1(C(=O)NO)CC[C@H](c2ccc(F)cn2)C1. The minimum Gasteiger partial charge on any atom is -0.289 e. The van der Waals surface area contributed by atoms with Crippen molar-refractivity contribution in [2.45, 2.75) is 37.5 Å². The summed E-state index contributed by atoms with van der Waals surface area (Å²) in [7, 11) is 0. The van der Waals surface area contributed by atoms with Gasteiger partial charge in [0.1, 0.15) is 11.6 Å². The molecular weight excluding hydrogens is 314 g/mol. The first-order chi connectivity index (χ1) is 11.5. The van der Waals surface area contributed by atoms with Crippen molar-refractivity contribution in [1.82, 2.24) is 10.5 Å². The van der Waals surface area contributed by atoms with Crippen LogP contribution in [0, 0.1) is 18.6 Å². The summed E-state index contributed by atoms with van der Waals surface area (Å²) < 4.78 is 27.1. The smallest absolute Gasteiger partial charge is 0.254 e. The normalized spacial score (nSPS) is 23.2. The average Bonchev–Trinajstić information content (AvgIpc) is 3.03. The van der Waals surface area contributed by atoms with E-state index in [1.165, 1.54) is 12.1 Å². The maximum atomic E-state index is 14.0. The second-order valence-electron chi connectivity index (χ2n) is 6.28. The van der Waals surface area contributed by atoms with Crippen LogP contribution in [0.1, 0.15) is 42.0 Å². The number of rotatable bonds is 3. The molecule has 2 aromatic rings. The van der Waals surface area contributed by atoms with Crippen LogP contribution in [0.4, 0.5) is 8.78 Å². The maximum absolute atomic E-state index is 14.0. The lowest BCUT2D eigenvalue weighted by atomic mass is 9.75. The van der Waals surface area contributed by atoms with E-state index in [0.717, 1.165) is 6.20 Å². The zero-order valence-electron chi connectivity index (χ0n) is 13.2. The summed E-state index contributed by atoms with van der Waals surface area (Å²) in [6, 6.07) is 7.56. The Labute approximate surface area is 138 Å². The van der Waals surface area contributed by atoms with Crippen molar-refractivity contribution in [3.8, 4) is 0 Å². The number of carbonyl (C=O) groups excluding carboxylic acids is 1. The minimum absolute atomic E-state index is 0.0643. The van der Waals surface area contributed by atoms with E-state index in [4.69, 9.17) is 0 Å². The van der Waals surface area contributed by atoms with Crippen LogP contribution in [-0.2, 0) is 10.2 Å². The van der Waals surface area contributed by atoms with E-state index in [9.17, 15) is 18.8 Å². The number of benzene rings is 1. The van der Waals surface area contributed by atoms with Crippen molar-refractivity contribution in [1.29, 1.82) is 0 Å². The summed E-state index contributed by atoms with van der Waals surface area (Å²) in [4.78, 5) is 16.6. The third kappa shape index (κ3) is 2.67. The molecule has 1 saturated carbocycles. The Morgan fingerprint density at radius 2 is 2.12 bits per heavy atom. The Hall–Kier alpha value is -2.34. The number of halogens is 2. The molecule has 0 saturated heterocycles. The number of carbonyl (C=O) groups is 1. The molecule has 4 nitrogen and oxygen atoms in total. The Morgan fingerprint density at radius 1 is 1.33 bits per heavy atom. The third-order valence-corrected chi connectivity index (χ3v) is 5.00. The molecule has 24 heavy (non-hydrogen) atoms. The molecule has 0 bridgehead atoms. The highest BCUT2D eigenvalue weighted by Crippen LogP contribution is 2.49. The van der Waals surface area contributed by atoms with Crippen molar-refractivity contribution in [2.24, 2.45) is 0 Å². The number of hydroxylamine groups is 1. The summed E-state index contributed by atoms with van der Waals surface area (Å²) in [5.41, 5.74) is 2.36. The lowest BCUT2D eigenvalue weighted by Crippen LogP contribution is -2.42. The van der Waals surface area contributed by atoms with Gasteiger partial charge in [0.2, 0.25) is 0 Å². The molecule has 0 spiro atoms. The lowest BCUT2D eigenvalue weighted by molar-refractivity contribution is -0.135. The highest BCUT2D eigenvalue weighted by Gasteiger charge is 2.48. The average molecular weight is 332 g/mol. The third-order valence-electron chi connectivity index (χ3n) is 5.00. The lowest BCUT2D eigenvalue weighted by Gasteiger charge is -2.29. The van der Waals surface area contributed by atoms with Crippen molar-refractivity contribution < 1.29 is 18.8 Å². The molecule has 1 fully saturated rings. The first kappa shape index (κ1) is 16.5. The molecule has 1 aromatic heterocycles. The van der Waals surface area contributed by atoms with Gasteiger partial charge in [0, 0.05) is 11.6 Å². The quantitative estimate of drug-likeness (QED) is 0.669. The van der Waals surface area contributed by atoms with E-state index in [0.29, 0.717) is 36.1 Å². The monoisotopic (exact) mass is 332 g/mol. The fourth-order valence-corrected chi connectivity index (χ4v) is 3.73. The van der Waals surface area contributed by atoms with E-state index in [2.05, 4.69) is 4.98 Å². The van der Waals surface area contributed by atoms with Gasteiger partial charge in [-0.05, 0) is 55.5 Å². The molecule has 2 N–H and O–H groups in total. The number of aromatic nitrogens is 1. The molecule has 6 heteroatoms. The molecule has 126 valence electrons. The van der Waals surface area contributed by atoms with E-state index in [-0.39, 0.29) is 11.7 Å². The summed E-state index contributed by atoms with van der Waals surface area (Å²) >= 11 is 0. The van der Waals surface area contributed by atoms with Gasteiger partial charge in [-0.3, -0.25) is 15.0 Å². The molecule has 1 aliphatic rings. The molecule has 0 unspecified atom stereocenters. The van der Waals surface area contributed by atoms with Gasteiger partial charge in [-0.25, -0.2) is 14.3 Å². The van der Waals surface area contributed by atoms with Crippen molar-refractivity contribution in [3.05, 3.63) is 65.0 Å². The number of hydrogen-bond donors (Lipinski definition) is 2. The summed E-state index contributed by atoms with van der Waals surface area (Å²) in [6.45, 7) is 1.63. The highest BCUT2D eigenvalue weighted by molar-refractivity contribution is 5.88. The molecule has 3 rings (SSSR count). The predicted octanol–water partition coefficient (Wildman–Crippen LogP) is 3.38. The number of nitrogens with zero attached hydrogens (tertiary/aromatic N) is 1. The summed E-state index contributed by atoms with van der Waals surface area (Å²) in [5, 5.41) is 9.22. The van der Waals surface area contributed by atoms with Crippen molar-refractivity contribution >= 4 is 5.91 Å². The Kier molecular flexibility index (Phi) is 4.32. The van der Waals surface area contributed by atoms with E-state index in [1.807, 2.05) is 0 Å². The van der Waals surface area contributed by atoms with Gasteiger partial charge in [0.25, 0.3) is 5.91 Å². The molecule has 0 radical (unpaired) electrons. The van der Waals surface area contributed by atoms with Crippen LogP contribution >= 0.6 is 0 Å². The Morgan fingerprint density at radius 3 is 2.79 bits per heavy atom. The van der Waals surface area contributed by atoms with Gasteiger partial charge in [0.15, 0.2) is 0 Å². The standard InChI is InChI=1S/C18H18F2N2O2/c1-11-14(3-2-4-15(11)20)18(17(23)22-24)8-7-12(9-18)16-6-5-13(19)10-21-16/h2-6,10,12,24H,7-9H2,1H3,(H,22,23)/t12-,18-/m0/s1. The maximum Gasteiger partial charge on any atom is 0.254 e. The Bertz CT molecular complexity index is 764. The van der Waals surface area contributed by atoms with Crippen LogP contribution in [0.2, 0.25) is 0 Å². The fourth-order valence-electron chi connectivity index (χ4n) is 3.73. The second-order valence-corrected chi connectivity index (χ2v) is 6.28. The topological polar surface area (TPSA) is 62.2 Å². The zero-order chi connectivity index (χ0) is 17.3. The first-order valence-electron chi connectivity index (χ1n) is 7.79. The molecule has 1 aromatic carbocycles. The van der Waals surface area contributed by atoms with Gasteiger partial charge in [-0.2, -0.15) is 0 Å². The van der Waals surface area contributed by atoms with Crippen LogP contribution in [0.5, 0.6) is 0 Å². The van der Waals surface area contributed by atoms with Crippen LogP contribution in [-0.4, -0.2) is 16.1 Å². The van der Waals surface area contributed by atoms with E-state index in [1.54, 1.807) is 30.6 Å². The van der Waals surface area contributed by atoms with Crippen LogP contribution in [0.25, 0.3) is 0 Å². The Balaban J connectivity index is 2.01. The largest absolute Gasteiger partial charge is 0.289 e. The van der Waals surface area contributed by atoms with Crippen LogP contribution < -0.4 is 5.48 Å². The second kappa shape index (κ2) is 6.28. The zero-order valence-corrected chi connectivity index (χ0v) is 13.2. The molecule has 1 heterocycles. The van der Waals surface area contributed by atoms with Gasteiger partial charge in [0.05, 0.1) is 11.6 Å². The minimum atomic E-state index is -1.03. The van der Waals surface area contributed by atoms with Crippen LogP contribution in [0.3, 0.4) is 0 Å². The number of hydrogen-bond acceptors (Lipinski definition) is 3. The van der Waals surface area contributed by atoms with E-state index >= 15 is 0 Å². The molecule has 2 atom stereocenters. The number of nitrogens with one attached hydrogen (secondary N) is 1. The number of amides is 1. The highest BCUT2D eigenvalue weighted by atomic mass is 19.1. The van der Waals surface area contributed by atoms with Crippen molar-refractivity contribution in [2.75, 3.05) is 0 Å². The molecule has 1 amide bonds. The molecular formula is C18H18F2N2O2. The van der Waals surface area contributed by atoms with Gasteiger partial charge in [-0.15, -0.1) is 0 Å². The summed E-state index contributed by atoms with van der Waals surface area (Å²) in [5.74, 6) is -1.43. The fraction of sp³-hybridized carbons (Fsp3) is 0.333. The molecule has 1 aliphatic carbocycles. The first-order valence-corrected chi connectivity index (χ1v) is 7.79. The predicted molar refractivity (Wildman–Crippen MR) is 83.5 cm³/mol. The van der Waals surface area contributed by atoms with Crippen LogP contribution in [0.15, 0.2) is 36.5 Å². The summed E-state index contributed by atoms with van der Waals surface area (Å²) in [6.07, 6.45) is 2.62. The number of pyridine rings is 1. The van der Waals surface area contributed by atoms with Gasteiger partial charge >= 0.3 is 0 Å².